The van der Waals surface area contributed by atoms with Crippen molar-refractivity contribution in [1.29, 1.82) is 0 Å². The smallest absolute Gasteiger partial charge is 0.0871 e. The number of pyridine rings is 1. The summed E-state index contributed by atoms with van der Waals surface area (Å²) in [6.07, 6.45) is 4.11. The zero-order valence-corrected chi connectivity index (χ0v) is 22.6. The van der Waals surface area contributed by atoms with E-state index in [0.29, 0.717) is 0 Å². The molecule has 3 aromatic heterocycles. The molecule has 0 amide bonds. The first-order chi connectivity index (χ1) is 19.9. The van der Waals surface area contributed by atoms with Gasteiger partial charge in [-0.05, 0) is 39.8 Å². The van der Waals surface area contributed by atoms with Crippen LogP contribution in [0, 0.1) is 0 Å². The van der Waals surface area contributed by atoms with Crippen LogP contribution in [-0.2, 0) is 0 Å². The van der Waals surface area contributed by atoms with Crippen molar-refractivity contribution < 1.29 is 0 Å². The van der Waals surface area contributed by atoms with Crippen molar-refractivity contribution in [3.63, 3.8) is 0 Å². The molecule has 3 heteroatoms. The summed E-state index contributed by atoms with van der Waals surface area (Å²) in [7, 11) is 0. The number of rotatable bonds is 6. The monoisotopic (exact) mass is 530 g/mol. The standard InChI is InChI=1S/C37H26N2S/c1-5-13-26(14-6-1)31-24-39-36(34(31)28-17-9-3-10-18-28)33-22-21-30(23-38-33)37-35(29-19-11-4-12-20-29)32(25-40-37)27-15-7-2-8-16-27/h1-25,39H. The molecular formula is C37H26N2S. The number of nitrogens with one attached hydrogen (secondary N) is 1. The van der Waals surface area contributed by atoms with Crippen LogP contribution < -0.4 is 0 Å². The molecule has 0 saturated carbocycles. The first-order valence-electron chi connectivity index (χ1n) is 13.4. The van der Waals surface area contributed by atoms with Crippen molar-refractivity contribution >= 4 is 11.3 Å². The lowest BCUT2D eigenvalue weighted by molar-refractivity contribution is 1.28. The van der Waals surface area contributed by atoms with Gasteiger partial charge in [0.1, 0.15) is 0 Å². The van der Waals surface area contributed by atoms with Gasteiger partial charge in [-0.15, -0.1) is 11.3 Å². The molecule has 2 nitrogen and oxygen atoms in total. The fourth-order valence-electron chi connectivity index (χ4n) is 5.34. The molecule has 0 bridgehead atoms. The van der Waals surface area contributed by atoms with Crippen LogP contribution in [0.25, 0.3) is 66.3 Å². The minimum Gasteiger partial charge on any atom is -0.359 e. The van der Waals surface area contributed by atoms with E-state index in [1.54, 1.807) is 11.3 Å². The van der Waals surface area contributed by atoms with Crippen molar-refractivity contribution in [1.82, 2.24) is 9.97 Å². The Morgan fingerprint density at radius 1 is 0.475 bits per heavy atom. The van der Waals surface area contributed by atoms with E-state index in [0.717, 1.165) is 17.0 Å². The Kier molecular flexibility index (Phi) is 6.41. The van der Waals surface area contributed by atoms with E-state index in [1.807, 2.05) is 6.20 Å². The van der Waals surface area contributed by atoms with E-state index in [4.69, 9.17) is 4.98 Å². The van der Waals surface area contributed by atoms with Crippen molar-refractivity contribution in [2.75, 3.05) is 0 Å². The molecule has 40 heavy (non-hydrogen) atoms. The molecule has 0 unspecified atom stereocenters. The van der Waals surface area contributed by atoms with Gasteiger partial charge < -0.3 is 4.98 Å². The summed E-state index contributed by atoms with van der Waals surface area (Å²) in [4.78, 5) is 9.79. The van der Waals surface area contributed by atoms with E-state index in [9.17, 15) is 0 Å². The number of hydrogen-bond donors (Lipinski definition) is 1. The fourth-order valence-corrected chi connectivity index (χ4v) is 6.44. The summed E-state index contributed by atoms with van der Waals surface area (Å²) in [5.41, 5.74) is 12.7. The maximum absolute atomic E-state index is 5.01. The molecule has 0 fully saturated rings. The Hall–Kier alpha value is -4.99. The van der Waals surface area contributed by atoms with Gasteiger partial charge in [0.15, 0.2) is 0 Å². The largest absolute Gasteiger partial charge is 0.359 e. The fraction of sp³-hybridized carbons (Fsp3) is 0. The van der Waals surface area contributed by atoms with Crippen LogP contribution in [-0.4, -0.2) is 9.97 Å². The lowest BCUT2D eigenvalue weighted by atomic mass is 9.94. The molecular weight excluding hydrogens is 504 g/mol. The number of nitrogens with zero attached hydrogens (tertiary/aromatic N) is 1. The molecule has 0 atom stereocenters. The van der Waals surface area contributed by atoms with Gasteiger partial charge in [-0.3, -0.25) is 4.98 Å². The minimum atomic E-state index is 0.922. The van der Waals surface area contributed by atoms with Crippen molar-refractivity contribution in [3.05, 3.63) is 151 Å². The summed E-state index contributed by atoms with van der Waals surface area (Å²) < 4.78 is 0. The Labute approximate surface area is 238 Å². The Bertz CT molecular complexity index is 1710. The van der Waals surface area contributed by atoms with E-state index in [1.165, 1.54) is 49.4 Å². The first-order valence-corrected chi connectivity index (χ1v) is 14.3. The van der Waals surface area contributed by atoms with Gasteiger partial charge in [-0.25, -0.2) is 0 Å². The predicted molar refractivity (Wildman–Crippen MR) is 169 cm³/mol. The van der Waals surface area contributed by atoms with Gasteiger partial charge in [0.25, 0.3) is 0 Å². The lowest BCUT2D eigenvalue weighted by Crippen LogP contribution is -1.89. The molecule has 190 valence electrons. The van der Waals surface area contributed by atoms with Gasteiger partial charge in [0.2, 0.25) is 0 Å². The Morgan fingerprint density at radius 2 is 1.00 bits per heavy atom. The van der Waals surface area contributed by atoms with Gasteiger partial charge in [0.05, 0.1) is 11.4 Å². The quantitative estimate of drug-likeness (QED) is 0.228. The summed E-state index contributed by atoms with van der Waals surface area (Å²) in [5, 5.41) is 2.27. The van der Waals surface area contributed by atoms with Crippen LogP contribution in [0.5, 0.6) is 0 Å². The van der Waals surface area contributed by atoms with Crippen molar-refractivity contribution in [2.24, 2.45) is 0 Å². The maximum atomic E-state index is 5.01. The highest BCUT2D eigenvalue weighted by Gasteiger charge is 2.19. The van der Waals surface area contributed by atoms with E-state index >= 15 is 0 Å². The predicted octanol–water partition coefficient (Wildman–Crippen LogP) is 10.5. The third-order valence-corrected chi connectivity index (χ3v) is 8.28. The molecule has 0 saturated heterocycles. The third kappa shape index (κ3) is 4.47. The van der Waals surface area contributed by atoms with Crippen LogP contribution in [0.15, 0.2) is 151 Å². The molecule has 0 aliphatic heterocycles. The zero-order chi connectivity index (χ0) is 26.7. The molecule has 0 spiro atoms. The van der Waals surface area contributed by atoms with Gasteiger partial charge in [-0.2, -0.15) is 0 Å². The summed E-state index contributed by atoms with van der Waals surface area (Å²) in [6, 6.07) is 46.7. The van der Waals surface area contributed by atoms with Crippen molar-refractivity contribution in [2.45, 2.75) is 0 Å². The number of benzene rings is 4. The van der Waals surface area contributed by atoms with Gasteiger partial charge in [-0.1, -0.05) is 121 Å². The molecule has 3 heterocycles. The number of H-pyrrole nitrogens is 1. The molecule has 1 N–H and O–H groups in total. The number of thiophene rings is 1. The second-order valence-electron chi connectivity index (χ2n) is 9.70. The van der Waals surface area contributed by atoms with Gasteiger partial charge in [0, 0.05) is 45.1 Å². The van der Waals surface area contributed by atoms with Crippen LogP contribution in [0.4, 0.5) is 0 Å². The van der Waals surface area contributed by atoms with Crippen molar-refractivity contribution in [3.8, 4) is 66.3 Å². The molecule has 7 rings (SSSR count). The highest BCUT2D eigenvalue weighted by Crippen LogP contribution is 2.45. The highest BCUT2D eigenvalue weighted by molar-refractivity contribution is 7.14. The van der Waals surface area contributed by atoms with Crippen LogP contribution in [0.1, 0.15) is 0 Å². The molecule has 4 aromatic carbocycles. The second-order valence-corrected chi connectivity index (χ2v) is 10.6. The second kappa shape index (κ2) is 10.6. The highest BCUT2D eigenvalue weighted by atomic mass is 32.1. The number of hydrogen-bond acceptors (Lipinski definition) is 2. The third-order valence-electron chi connectivity index (χ3n) is 7.25. The number of aromatic nitrogens is 2. The average Bonchev–Trinajstić information content (AvgIpc) is 3.69. The van der Waals surface area contributed by atoms with E-state index in [2.05, 4.69) is 150 Å². The summed E-state index contributed by atoms with van der Waals surface area (Å²) >= 11 is 1.77. The van der Waals surface area contributed by atoms with E-state index in [-0.39, 0.29) is 0 Å². The average molecular weight is 531 g/mol. The molecule has 0 aliphatic rings. The topological polar surface area (TPSA) is 28.7 Å². The molecule has 0 aliphatic carbocycles. The lowest BCUT2D eigenvalue weighted by Gasteiger charge is -2.11. The normalized spacial score (nSPS) is 11.0. The van der Waals surface area contributed by atoms with E-state index < -0.39 is 0 Å². The summed E-state index contributed by atoms with van der Waals surface area (Å²) in [5.74, 6) is 0. The Morgan fingerprint density at radius 3 is 1.55 bits per heavy atom. The summed E-state index contributed by atoms with van der Waals surface area (Å²) in [6.45, 7) is 0. The Balaban J connectivity index is 1.33. The number of aromatic amines is 1. The van der Waals surface area contributed by atoms with Crippen LogP contribution in [0.2, 0.25) is 0 Å². The van der Waals surface area contributed by atoms with Gasteiger partial charge >= 0.3 is 0 Å². The SMILES string of the molecule is c1ccc(-c2c[nH]c(-c3ccc(-c4scc(-c5ccccc5)c4-c4ccccc4)cn3)c2-c2ccccc2)cc1. The first kappa shape index (κ1) is 24.1. The van der Waals surface area contributed by atoms with Crippen LogP contribution in [0.3, 0.4) is 0 Å². The van der Waals surface area contributed by atoms with Crippen LogP contribution >= 0.6 is 11.3 Å². The molecule has 7 aromatic rings. The molecule has 0 radical (unpaired) electrons. The maximum Gasteiger partial charge on any atom is 0.0871 e. The minimum absolute atomic E-state index is 0.922. The zero-order valence-electron chi connectivity index (χ0n) is 21.8.